The Kier molecular flexibility index (Phi) is 4.94. The Morgan fingerprint density at radius 1 is 1.25 bits per heavy atom. The first-order valence-electron chi connectivity index (χ1n) is 7.86. The van der Waals surface area contributed by atoms with Crippen LogP contribution in [0.5, 0.6) is 11.5 Å². The molecule has 3 rings (SSSR count). The predicted molar refractivity (Wildman–Crippen MR) is 90.8 cm³/mol. The van der Waals surface area contributed by atoms with Crippen LogP contribution in [0.3, 0.4) is 0 Å². The molecule has 2 heterocycles. The normalized spacial score (nSPS) is 15.4. The first-order valence-corrected chi connectivity index (χ1v) is 8.24. The van der Waals surface area contributed by atoms with Gasteiger partial charge in [-0.15, -0.1) is 0 Å². The lowest BCUT2D eigenvalue weighted by atomic mass is 10.1. The number of aryl methyl sites for hydroxylation is 1. The first kappa shape index (κ1) is 16.6. The minimum absolute atomic E-state index is 0.0598. The lowest BCUT2D eigenvalue weighted by Gasteiger charge is -2.32. The Morgan fingerprint density at radius 2 is 1.92 bits per heavy atom. The lowest BCUT2D eigenvalue weighted by Crippen LogP contribution is -2.42. The molecule has 0 aliphatic carbocycles. The number of ether oxygens (including phenoxy) is 2. The van der Waals surface area contributed by atoms with Crippen LogP contribution in [-0.2, 0) is 7.05 Å². The van der Waals surface area contributed by atoms with Gasteiger partial charge in [-0.05, 0) is 12.1 Å². The van der Waals surface area contributed by atoms with Crippen molar-refractivity contribution < 1.29 is 14.3 Å². The summed E-state index contributed by atoms with van der Waals surface area (Å²) in [5.74, 6) is 1.32. The average molecular weight is 350 g/mol. The number of likely N-dealkylation sites (tertiary alicyclic amines) is 1. The molecule has 1 aromatic heterocycles. The zero-order valence-electron chi connectivity index (χ0n) is 13.7. The third-order valence-electron chi connectivity index (χ3n) is 4.08. The number of halogens is 1. The van der Waals surface area contributed by atoms with Crippen LogP contribution in [0.1, 0.15) is 23.3 Å². The summed E-state index contributed by atoms with van der Waals surface area (Å²) in [5.41, 5.74) is 0.309. The van der Waals surface area contributed by atoms with Crippen LogP contribution < -0.4 is 9.47 Å². The quantitative estimate of drug-likeness (QED) is 0.851. The number of aromatic nitrogens is 2. The number of rotatable bonds is 4. The second-order valence-corrected chi connectivity index (χ2v) is 6.17. The van der Waals surface area contributed by atoms with E-state index in [1.807, 2.05) is 24.3 Å². The maximum Gasteiger partial charge on any atom is 0.275 e. The van der Waals surface area contributed by atoms with Gasteiger partial charge in [-0.3, -0.25) is 9.48 Å². The third-order valence-corrected chi connectivity index (χ3v) is 4.36. The van der Waals surface area contributed by atoms with Crippen molar-refractivity contribution in [3.05, 3.63) is 41.2 Å². The van der Waals surface area contributed by atoms with Crippen molar-refractivity contribution in [1.29, 1.82) is 0 Å². The highest BCUT2D eigenvalue weighted by molar-refractivity contribution is 6.33. The van der Waals surface area contributed by atoms with Gasteiger partial charge >= 0.3 is 0 Å². The van der Waals surface area contributed by atoms with Gasteiger partial charge < -0.3 is 14.4 Å². The van der Waals surface area contributed by atoms with Gasteiger partial charge in [0.15, 0.2) is 17.2 Å². The van der Waals surface area contributed by atoms with Gasteiger partial charge in [-0.2, -0.15) is 5.10 Å². The number of hydrogen-bond donors (Lipinski definition) is 0. The molecule has 1 aromatic carbocycles. The number of methoxy groups -OCH3 is 1. The van der Waals surface area contributed by atoms with Crippen molar-refractivity contribution in [2.45, 2.75) is 18.9 Å². The summed E-state index contributed by atoms with van der Waals surface area (Å²) in [6.07, 6.45) is 3.21. The monoisotopic (exact) mass is 349 g/mol. The van der Waals surface area contributed by atoms with Crippen molar-refractivity contribution in [2.24, 2.45) is 7.05 Å². The highest BCUT2D eigenvalue weighted by Gasteiger charge is 2.27. The van der Waals surface area contributed by atoms with E-state index in [9.17, 15) is 4.79 Å². The van der Waals surface area contributed by atoms with Crippen LogP contribution in [0.15, 0.2) is 30.5 Å². The van der Waals surface area contributed by atoms with Gasteiger partial charge in [0.1, 0.15) is 6.10 Å². The van der Waals surface area contributed by atoms with E-state index in [-0.39, 0.29) is 12.0 Å². The fourth-order valence-electron chi connectivity index (χ4n) is 2.83. The summed E-state index contributed by atoms with van der Waals surface area (Å²) in [4.78, 5) is 14.3. The number of benzene rings is 1. The second-order valence-electron chi connectivity index (χ2n) is 5.76. The molecule has 0 N–H and O–H groups in total. The van der Waals surface area contributed by atoms with Gasteiger partial charge in [-0.25, -0.2) is 0 Å². The number of hydrogen-bond acceptors (Lipinski definition) is 4. The number of para-hydroxylation sites is 2. The summed E-state index contributed by atoms with van der Waals surface area (Å²) in [5, 5.41) is 4.52. The van der Waals surface area contributed by atoms with Crippen molar-refractivity contribution in [3.8, 4) is 11.5 Å². The molecular formula is C17H20ClN3O3. The standard InChI is InChI=1S/C17H20ClN3O3/c1-20-11-13(18)16(19-20)17(22)21-9-7-12(8-10-21)24-15-6-4-3-5-14(15)23-2/h3-6,11-12H,7-10H2,1-2H3. The SMILES string of the molecule is COc1ccccc1OC1CCN(C(=O)c2nn(C)cc2Cl)CC1. The van der Waals surface area contributed by atoms with E-state index in [1.165, 1.54) is 0 Å². The Bertz CT molecular complexity index is 724. The highest BCUT2D eigenvalue weighted by atomic mass is 35.5. The fraction of sp³-hybridized carbons (Fsp3) is 0.412. The van der Waals surface area contributed by atoms with Crippen LogP contribution in [0, 0.1) is 0 Å². The number of nitrogens with zero attached hydrogens (tertiary/aromatic N) is 3. The summed E-state index contributed by atoms with van der Waals surface area (Å²) in [6, 6.07) is 7.59. The van der Waals surface area contributed by atoms with Crippen molar-refractivity contribution >= 4 is 17.5 Å². The van der Waals surface area contributed by atoms with Gasteiger partial charge in [0.25, 0.3) is 5.91 Å². The van der Waals surface area contributed by atoms with Crippen molar-refractivity contribution in [1.82, 2.24) is 14.7 Å². The zero-order valence-corrected chi connectivity index (χ0v) is 14.5. The van der Waals surface area contributed by atoms with Crippen LogP contribution >= 0.6 is 11.6 Å². The summed E-state index contributed by atoms with van der Waals surface area (Å²) >= 11 is 6.06. The number of piperidine rings is 1. The molecule has 6 nitrogen and oxygen atoms in total. The maximum absolute atomic E-state index is 12.5. The van der Waals surface area contributed by atoms with E-state index in [1.54, 1.807) is 29.9 Å². The summed E-state index contributed by atoms with van der Waals surface area (Å²) in [7, 11) is 3.37. The minimum atomic E-state index is -0.128. The Labute approximate surface area is 145 Å². The van der Waals surface area contributed by atoms with E-state index >= 15 is 0 Å². The molecule has 0 atom stereocenters. The van der Waals surface area contributed by atoms with Gasteiger partial charge in [-0.1, -0.05) is 23.7 Å². The maximum atomic E-state index is 12.5. The molecule has 24 heavy (non-hydrogen) atoms. The van der Waals surface area contributed by atoms with Gasteiger partial charge in [0.05, 0.1) is 12.1 Å². The van der Waals surface area contributed by atoms with Crippen LogP contribution in [0.25, 0.3) is 0 Å². The smallest absolute Gasteiger partial charge is 0.275 e. The predicted octanol–water partition coefficient (Wildman–Crippen LogP) is 2.77. The first-order chi connectivity index (χ1) is 11.6. The highest BCUT2D eigenvalue weighted by Crippen LogP contribution is 2.29. The van der Waals surface area contributed by atoms with E-state index in [2.05, 4.69) is 5.10 Å². The molecule has 2 aromatic rings. The van der Waals surface area contributed by atoms with Gasteiger partial charge in [0, 0.05) is 39.2 Å². The second kappa shape index (κ2) is 7.13. The molecule has 1 fully saturated rings. The number of carbonyl (C=O) groups excluding carboxylic acids is 1. The molecule has 128 valence electrons. The molecule has 7 heteroatoms. The van der Waals surface area contributed by atoms with Crippen molar-refractivity contribution in [3.63, 3.8) is 0 Å². The molecule has 1 aliphatic rings. The minimum Gasteiger partial charge on any atom is -0.493 e. The average Bonchev–Trinajstić information content (AvgIpc) is 2.94. The molecule has 0 unspecified atom stereocenters. The molecule has 0 bridgehead atoms. The molecule has 0 radical (unpaired) electrons. The Morgan fingerprint density at radius 3 is 2.50 bits per heavy atom. The molecular weight excluding hydrogens is 330 g/mol. The molecule has 0 saturated carbocycles. The fourth-order valence-corrected chi connectivity index (χ4v) is 3.09. The summed E-state index contributed by atoms with van der Waals surface area (Å²) < 4.78 is 12.9. The largest absolute Gasteiger partial charge is 0.493 e. The molecule has 0 spiro atoms. The van der Waals surface area contributed by atoms with Crippen LogP contribution in [0.2, 0.25) is 5.02 Å². The number of carbonyl (C=O) groups is 1. The topological polar surface area (TPSA) is 56.6 Å². The molecule has 1 saturated heterocycles. The van der Waals surface area contributed by atoms with Crippen LogP contribution in [0.4, 0.5) is 0 Å². The van der Waals surface area contributed by atoms with E-state index in [4.69, 9.17) is 21.1 Å². The zero-order chi connectivity index (χ0) is 17.1. The van der Waals surface area contributed by atoms with Crippen molar-refractivity contribution in [2.75, 3.05) is 20.2 Å². The number of amides is 1. The third kappa shape index (κ3) is 3.48. The van der Waals surface area contributed by atoms with Gasteiger partial charge in [0.2, 0.25) is 0 Å². The molecule has 1 amide bonds. The van der Waals surface area contributed by atoms with E-state index in [0.717, 1.165) is 24.3 Å². The Hall–Kier alpha value is -2.21. The molecule has 1 aliphatic heterocycles. The Balaban J connectivity index is 1.59. The van der Waals surface area contributed by atoms with E-state index in [0.29, 0.717) is 23.8 Å². The van der Waals surface area contributed by atoms with Crippen LogP contribution in [-0.4, -0.2) is 46.9 Å². The van der Waals surface area contributed by atoms with E-state index < -0.39 is 0 Å². The lowest BCUT2D eigenvalue weighted by molar-refractivity contribution is 0.0584. The summed E-state index contributed by atoms with van der Waals surface area (Å²) in [6.45, 7) is 1.23.